The van der Waals surface area contributed by atoms with Crippen molar-refractivity contribution in [1.29, 1.82) is 5.26 Å². The van der Waals surface area contributed by atoms with Crippen molar-refractivity contribution in [2.75, 3.05) is 32.1 Å². The SMILES string of the molecule is COCCNCC(=O)Nc1ccc(C#N)cc1C(F)(F)F. The number of nitrogens with one attached hydrogen (secondary N) is 2. The number of hydrogen-bond acceptors (Lipinski definition) is 4. The number of benzene rings is 1. The molecule has 0 saturated heterocycles. The Morgan fingerprint density at radius 3 is 2.71 bits per heavy atom. The Hall–Kier alpha value is -2.11. The normalized spacial score (nSPS) is 11.0. The summed E-state index contributed by atoms with van der Waals surface area (Å²) in [5, 5.41) is 13.5. The maximum absolute atomic E-state index is 12.9. The summed E-state index contributed by atoms with van der Waals surface area (Å²) in [4.78, 5) is 11.6. The number of carbonyl (C=O) groups excluding carboxylic acids is 1. The predicted molar refractivity (Wildman–Crippen MR) is 69.5 cm³/mol. The summed E-state index contributed by atoms with van der Waals surface area (Å²) in [6.45, 7) is 0.655. The van der Waals surface area contributed by atoms with Gasteiger partial charge in [-0.3, -0.25) is 4.79 Å². The van der Waals surface area contributed by atoms with E-state index < -0.39 is 17.6 Å². The summed E-state index contributed by atoms with van der Waals surface area (Å²) in [5.74, 6) is -0.610. The van der Waals surface area contributed by atoms with Crippen molar-refractivity contribution < 1.29 is 22.7 Å². The van der Waals surface area contributed by atoms with Gasteiger partial charge in [0.15, 0.2) is 0 Å². The third kappa shape index (κ3) is 5.41. The fraction of sp³-hybridized carbons (Fsp3) is 0.385. The van der Waals surface area contributed by atoms with E-state index in [4.69, 9.17) is 10.00 Å². The molecule has 0 aliphatic carbocycles. The second-order valence-corrected chi connectivity index (χ2v) is 4.09. The number of nitriles is 1. The first-order chi connectivity index (χ1) is 9.88. The molecule has 0 saturated carbocycles. The van der Waals surface area contributed by atoms with Crippen LogP contribution in [0.25, 0.3) is 0 Å². The number of nitrogens with zero attached hydrogens (tertiary/aromatic N) is 1. The fourth-order valence-corrected chi connectivity index (χ4v) is 1.53. The lowest BCUT2D eigenvalue weighted by Gasteiger charge is -2.14. The van der Waals surface area contributed by atoms with Crippen molar-refractivity contribution in [3.63, 3.8) is 0 Å². The lowest BCUT2D eigenvalue weighted by atomic mass is 10.1. The van der Waals surface area contributed by atoms with Gasteiger partial charge in [0.2, 0.25) is 5.91 Å². The largest absolute Gasteiger partial charge is 0.418 e. The highest BCUT2D eigenvalue weighted by molar-refractivity contribution is 5.93. The molecule has 0 aromatic heterocycles. The molecule has 0 radical (unpaired) electrons. The minimum Gasteiger partial charge on any atom is -0.383 e. The van der Waals surface area contributed by atoms with Gasteiger partial charge in [0, 0.05) is 13.7 Å². The quantitative estimate of drug-likeness (QED) is 0.785. The first kappa shape index (κ1) is 16.9. The lowest BCUT2D eigenvalue weighted by Crippen LogP contribution is -2.31. The molecule has 1 amide bonds. The molecule has 0 heterocycles. The Balaban J connectivity index is 2.79. The zero-order chi connectivity index (χ0) is 15.9. The summed E-state index contributed by atoms with van der Waals surface area (Å²) < 4.78 is 43.4. The predicted octanol–water partition coefficient (Wildman–Crippen LogP) is 1.75. The topological polar surface area (TPSA) is 74.2 Å². The molecule has 0 fully saturated rings. The Kier molecular flexibility index (Phi) is 6.14. The first-order valence-electron chi connectivity index (χ1n) is 5.99. The van der Waals surface area contributed by atoms with Crippen LogP contribution in [0.2, 0.25) is 0 Å². The molecular formula is C13H14F3N3O2. The van der Waals surface area contributed by atoms with Crippen LogP contribution >= 0.6 is 0 Å². The average molecular weight is 301 g/mol. The van der Waals surface area contributed by atoms with E-state index >= 15 is 0 Å². The fourth-order valence-electron chi connectivity index (χ4n) is 1.53. The van der Waals surface area contributed by atoms with Crippen LogP contribution in [0, 0.1) is 11.3 Å². The molecule has 2 N–H and O–H groups in total. The summed E-state index contributed by atoms with van der Waals surface area (Å²) in [7, 11) is 1.49. The van der Waals surface area contributed by atoms with E-state index in [1.54, 1.807) is 6.07 Å². The number of amides is 1. The summed E-state index contributed by atoms with van der Waals surface area (Å²) >= 11 is 0. The van der Waals surface area contributed by atoms with Crippen LogP contribution in [0.3, 0.4) is 0 Å². The Morgan fingerprint density at radius 2 is 2.14 bits per heavy atom. The maximum atomic E-state index is 12.9. The van der Waals surface area contributed by atoms with Crippen LogP contribution in [-0.2, 0) is 15.7 Å². The minimum absolute atomic E-state index is 0.126. The summed E-state index contributed by atoms with van der Waals surface area (Å²) in [6, 6.07) is 4.61. The summed E-state index contributed by atoms with van der Waals surface area (Å²) in [5.41, 5.74) is -1.55. The molecule has 21 heavy (non-hydrogen) atoms. The first-order valence-corrected chi connectivity index (χ1v) is 5.99. The van der Waals surface area contributed by atoms with Gasteiger partial charge in [-0.15, -0.1) is 0 Å². The van der Waals surface area contributed by atoms with Gasteiger partial charge < -0.3 is 15.4 Å². The zero-order valence-electron chi connectivity index (χ0n) is 11.3. The van der Waals surface area contributed by atoms with Gasteiger partial charge in [-0.05, 0) is 18.2 Å². The summed E-state index contributed by atoms with van der Waals surface area (Å²) in [6.07, 6.45) is -4.65. The molecule has 114 valence electrons. The van der Waals surface area contributed by atoms with Gasteiger partial charge in [-0.1, -0.05) is 0 Å². The molecule has 0 atom stereocenters. The van der Waals surface area contributed by atoms with Crippen LogP contribution in [0.4, 0.5) is 18.9 Å². The van der Waals surface area contributed by atoms with Crippen molar-refractivity contribution in [3.05, 3.63) is 29.3 Å². The minimum atomic E-state index is -4.65. The third-order valence-electron chi connectivity index (χ3n) is 2.50. The molecule has 1 aromatic rings. The Morgan fingerprint density at radius 1 is 1.43 bits per heavy atom. The average Bonchev–Trinajstić information content (AvgIpc) is 2.43. The number of halogens is 3. The zero-order valence-corrected chi connectivity index (χ0v) is 11.3. The Bertz CT molecular complexity index is 538. The molecule has 1 rings (SSSR count). The monoisotopic (exact) mass is 301 g/mol. The van der Waals surface area contributed by atoms with E-state index in [1.165, 1.54) is 13.2 Å². The number of hydrogen-bond donors (Lipinski definition) is 2. The van der Waals surface area contributed by atoms with E-state index in [-0.39, 0.29) is 17.8 Å². The van der Waals surface area contributed by atoms with Gasteiger partial charge in [0.1, 0.15) is 0 Å². The smallest absolute Gasteiger partial charge is 0.383 e. The molecule has 0 bridgehead atoms. The van der Waals surface area contributed by atoms with Gasteiger partial charge in [-0.2, -0.15) is 18.4 Å². The molecule has 8 heteroatoms. The van der Waals surface area contributed by atoms with E-state index in [0.29, 0.717) is 19.2 Å². The van der Waals surface area contributed by atoms with Crippen LogP contribution in [0.15, 0.2) is 18.2 Å². The highest BCUT2D eigenvalue weighted by atomic mass is 19.4. The number of methoxy groups -OCH3 is 1. The molecule has 0 aliphatic heterocycles. The molecular weight excluding hydrogens is 287 g/mol. The molecule has 0 unspecified atom stereocenters. The van der Waals surface area contributed by atoms with Crippen LogP contribution in [0.1, 0.15) is 11.1 Å². The van der Waals surface area contributed by atoms with Crippen molar-refractivity contribution in [2.45, 2.75) is 6.18 Å². The van der Waals surface area contributed by atoms with Crippen molar-refractivity contribution in [1.82, 2.24) is 5.32 Å². The van der Waals surface area contributed by atoms with E-state index in [0.717, 1.165) is 6.07 Å². The number of ether oxygens (including phenoxy) is 1. The second-order valence-electron chi connectivity index (χ2n) is 4.09. The molecule has 1 aromatic carbocycles. The highest BCUT2D eigenvalue weighted by Crippen LogP contribution is 2.35. The molecule has 0 aliphatic rings. The number of rotatable bonds is 6. The third-order valence-corrected chi connectivity index (χ3v) is 2.50. The van der Waals surface area contributed by atoms with E-state index in [9.17, 15) is 18.0 Å². The van der Waals surface area contributed by atoms with Crippen molar-refractivity contribution >= 4 is 11.6 Å². The molecule has 5 nitrogen and oxygen atoms in total. The van der Waals surface area contributed by atoms with E-state index in [1.807, 2.05) is 0 Å². The number of alkyl halides is 3. The Labute approximate surface area is 119 Å². The van der Waals surface area contributed by atoms with Gasteiger partial charge in [0.05, 0.1) is 36.0 Å². The molecule has 0 spiro atoms. The van der Waals surface area contributed by atoms with Crippen molar-refractivity contribution in [2.24, 2.45) is 0 Å². The number of anilines is 1. The van der Waals surface area contributed by atoms with Crippen LogP contribution < -0.4 is 10.6 Å². The highest BCUT2D eigenvalue weighted by Gasteiger charge is 2.34. The van der Waals surface area contributed by atoms with Crippen LogP contribution in [-0.4, -0.2) is 32.7 Å². The second kappa shape index (κ2) is 7.61. The van der Waals surface area contributed by atoms with Gasteiger partial charge in [-0.25, -0.2) is 0 Å². The van der Waals surface area contributed by atoms with Gasteiger partial charge >= 0.3 is 6.18 Å². The van der Waals surface area contributed by atoms with Crippen LogP contribution in [0.5, 0.6) is 0 Å². The standard InChI is InChI=1S/C13H14F3N3O2/c1-21-5-4-18-8-12(20)19-11-3-2-9(7-17)6-10(11)13(14,15)16/h2-3,6,18H,4-5,8H2,1H3,(H,19,20). The van der Waals surface area contributed by atoms with E-state index in [2.05, 4.69) is 10.6 Å². The number of carbonyl (C=O) groups is 1. The van der Waals surface area contributed by atoms with Crippen molar-refractivity contribution in [3.8, 4) is 6.07 Å². The lowest BCUT2D eigenvalue weighted by molar-refractivity contribution is -0.137. The maximum Gasteiger partial charge on any atom is 0.418 e. The van der Waals surface area contributed by atoms with Gasteiger partial charge in [0.25, 0.3) is 0 Å².